The molecule has 13 heteroatoms. The standard InChI is InChI=1S/C41H45F6NO6/c1-4-53-37(51)48(24-27-11-15-32(16-12-27)54-41(45,46)47)25-39(52)20-18-35-33-17-13-28(21-31(49)14-10-26(2)7-6-19-38(35,39)3)22-34(33)36(50)29-8-5-9-30(23-29)40(42,43)44/h5,7-9,11-13,15-17,22-23,31,35,49,52H,4,6,10,14,18-21,24-25H2,1-3H3. The van der Waals surface area contributed by atoms with Crippen LogP contribution in [0.3, 0.4) is 0 Å². The van der Waals surface area contributed by atoms with E-state index in [4.69, 9.17) is 4.74 Å². The van der Waals surface area contributed by atoms with Crippen LogP contribution in [0.1, 0.15) is 103 Å². The van der Waals surface area contributed by atoms with E-state index in [1.807, 2.05) is 19.9 Å². The highest BCUT2D eigenvalue weighted by molar-refractivity contribution is 6.10. The molecule has 1 fully saturated rings. The first-order valence-electron chi connectivity index (χ1n) is 18.0. The van der Waals surface area contributed by atoms with Gasteiger partial charge in [-0.2, -0.15) is 13.2 Å². The van der Waals surface area contributed by atoms with E-state index in [-0.39, 0.29) is 43.7 Å². The number of allylic oxidation sites excluding steroid dienone is 2. The number of ketones is 1. The van der Waals surface area contributed by atoms with Gasteiger partial charge in [-0.1, -0.05) is 55.0 Å². The molecular weight excluding hydrogens is 716 g/mol. The van der Waals surface area contributed by atoms with Crippen molar-refractivity contribution in [2.45, 2.75) is 102 Å². The summed E-state index contributed by atoms with van der Waals surface area (Å²) < 4.78 is 88.8. The summed E-state index contributed by atoms with van der Waals surface area (Å²) in [7, 11) is 0. The summed E-state index contributed by atoms with van der Waals surface area (Å²) in [6, 6.07) is 14.5. The van der Waals surface area contributed by atoms with Gasteiger partial charge in [-0.25, -0.2) is 4.79 Å². The van der Waals surface area contributed by atoms with Crippen molar-refractivity contribution in [2.24, 2.45) is 5.41 Å². The van der Waals surface area contributed by atoms with E-state index in [2.05, 4.69) is 4.74 Å². The molecule has 3 aromatic rings. The van der Waals surface area contributed by atoms with Crippen LogP contribution in [0.2, 0.25) is 0 Å². The molecule has 3 aliphatic carbocycles. The van der Waals surface area contributed by atoms with Crippen LogP contribution >= 0.6 is 0 Å². The molecule has 0 spiro atoms. The van der Waals surface area contributed by atoms with E-state index in [1.165, 1.54) is 29.2 Å². The third-order valence-corrected chi connectivity index (χ3v) is 10.9. The first-order chi connectivity index (χ1) is 25.3. The lowest BCUT2D eigenvalue weighted by Gasteiger charge is -2.46. The van der Waals surface area contributed by atoms with Gasteiger partial charge in [0.05, 0.1) is 30.4 Å². The molecule has 4 unspecified atom stereocenters. The zero-order chi connectivity index (χ0) is 39.5. The van der Waals surface area contributed by atoms with Gasteiger partial charge in [0.15, 0.2) is 5.78 Å². The van der Waals surface area contributed by atoms with E-state index in [9.17, 15) is 46.1 Å². The quantitative estimate of drug-likeness (QED) is 0.135. The molecule has 6 rings (SSSR count). The van der Waals surface area contributed by atoms with Gasteiger partial charge in [0, 0.05) is 23.1 Å². The zero-order valence-corrected chi connectivity index (χ0v) is 30.4. The minimum atomic E-state index is -4.88. The number of carbonyl (C=O) groups excluding carboxylic acids is 2. The van der Waals surface area contributed by atoms with Gasteiger partial charge in [-0.3, -0.25) is 4.79 Å². The van der Waals surface area contributed by atoms with Crippen molar-refractivity contribution in [3.05, 3.63) is 112 Å². The third kappa shape index (κ3) is 9.46. The number of rotatable bonds is 8. The molecule has 2 bridgehead atoms. The van der Waals surface area contributed by atoms with E-state index in [0.717, 1.165) is 29.8 Å². The van der Waals surface area contributed by atoms with Crippen LogP contribution in [0.4, 0.5) is 31.1 Å². The maximum atomic E-state index is 14.3. The number of benzene rings is 3. The van der Waals surface area contributed by atoms with E-state index in [1.54, 1.807) is 25.1 Å². The lowest BCUT2D eigenvalue weighted by molar-refractivity contribution is -0.274. The van der Waals surface area contributed by atoms with Crippen LogP contribution in [0.25, 0.3) is 0 Å². The summed E-state index contributed by atoms with van der Waals surface area (Å²) in [4.78, 5) is 29.0. The average molecular weight is 762 g/mol. The molecule has 0 aliphatic heterocycles. The van der Waals surface area contributed by atoms with Crippen LogP contribution < -0.4 is 4.74 Å². The largest absolute Gasteiger partial charge is 0.573 e. The van der Waals surface area contributed by atoms with E-state index < -0.39 is 58.8 Å². The summed E-state index contributed by atoms with van der Waals surface area (Å²) in [5, 5.41) is 23.6. The molecule has 7 nitrogen and oxygen atoms in total. The second-order valence-electron chi connectivity index (χ2n) is 14.6. The Morgan fingerprint density at radius 3 is 2.35 bits per heavy atom. The lowest BCUT2D eigenvalue weighted by atomic mass is 9.64. The minimum Gasteiger partial charge on any atom is -0.450 e. The van der Waals surface area contributed by atoms with Gasteiger partial charge in [0.1, 0.15) is 5.75 Å². The Bertz CT molecular complexity index is 1840. The second kappa shape index (κ2) is 16.2. The predicted molar refractivity (Wildman–Crippen MR) is 189 cm³/mol. The monoisotopic (exact) mass is 761 g/mol. The number of hydrogen-bond donors (Lipinski definition) is 2. The van der Waals surface area contributed by atoms with Crippen LogP contribution in [0.15, 0.2) is 78.4 Å². The Morgan fingerprint density at radius 2 is 1.69 bits per heavy atom. The second-order valence-corrected chi connectivity index (χ2v) is 14.6. The molecule has 1 saturated carbocycles. The smallest absolute Gasteiger partial charge is 0.450 e. The molecule has 0 radical (unpaired) electrons. The number of amides is 1. The zero-order valence-electron chi connectivity index (χ0n) is 30.4. The Labute approximate surface area is 310 Å². The molecule has 2 N–H and O–H groups in total. The highest BCUT2D eigenvalue weighted by Gasteiger charge is 2.58. The van der Waals surface area contributed by atoms with Crippen molar-refractivity contribution in [2.75, 3.05) is 13.2 Å². The number of halogens is 6. The number of carbonyl (C=O) groups is 2. The van der Waals surface area contributed by atoms with Gasteiger partial charge in [-0.05, 0) is 112 Å². The molecule has 54 heavy (non-hydrogen) atoms. The molecule has 0 saturated heterocycles. The SMILES string of the molecule is CCOC(=O)N(Cc1ccc(OC(F)(F)F)cc1)CC1(O)CCC2c3ccc(cc3C(=O)c3cccc(C(F)(F)F)c3)CC(O)CCC(C)=CCCC21C. The summed E-state index contributed by atoms with van der Waals surface area (Å²) in [5.74, 6) is -1.55. The van der Waals surface area contributed by atoms with E-state index in [0.29, 0.717) is 48.8 Å². The first kappa shape index (κ1) is 40.8. The number of alkyl halides is 6. The van der Waals surface area contributed by atoms with Crippen molar-refractivity contribution < 1.29 is 55.6 Å². The van der Waals surface area contributed by atoms with Crippen LogP contribution in [-0.4, -0.2) is 58.2 Å². The number of aliphatic hydroxyl groups excluding tert-OH is 1. The van der Waals surface area contributed by atoms with Crippen molar-refractivity contribution in [1.82, 2.24) is 4.90 Å². The topological polar surface area (TPSA) is 96.3 Å². The molecule has 0 heterocycles. The van der Waals surface area contributed by atoms with Gasteiger partial charge in [-0.15, -0.1) is 13.2 Å². The van der Waals surface area contributed by atoms with Crippen LogP contribution in [0, 0.1) is 5.41 Å². The Kier molecular flexibility index (Phi) is 12.2. The number of aliphatic hydroxyl groups is 2. The fourth-order valence-electron chi connectivity index (χ4n) is 7.92. The number of hydrogen-bond acceptors (Lipinski definition) is 6. The summed E-state index contributed by atoms with van der Waals surface area (Å²) in [6.07, 6.45) is -6.25. The maximum absolute atomic E-state index is 14.3. The number of nitrogens with zero attached hydrogens (tertiary/aromatic N) is 1. The Morgan fingerprint density at radius 1 is 0.963 bits per heavy atom. The number of fused-ring (bicyclic) bond motifs is 8. The average Bonchev–Trinajstić information content (AvgIpc) is 3.35. The Hall–Kier alpha value is -4.36. The third-order valence-electron chi connectivity index (χ3n) is 10.9. The molecular formula is C41H45F6NO6. The highest BCUT2D eigenvalue weighted by atomic mass is 19.4. The van der Waals surface area contributed by atoms with Crippen LogP contribution in [-0.2, 0) is 23.9 Å². The van der Waals surface area contributed by atoms with Crippen molar-refractivity contribution in [3.8, 4) is 5.75 Å². The Balaban J connectivity index is 1.57. The maximum Gasteiger partial charge on any atom is 0.573 e. The van der Waals surface area contributed by atoms with Gasteiger partial charge in [0.2, 0.25) is 0 Å². The van der Waals surface area contributed by atoms with Crippen molar-refractivity contribution in [3.63, 3.8) is 0 Å². The molecule has 3 aromatic carbocycles. The van der Waals surface area contributed by atoms with Crippen molar-refractivity contribution >= 4 is 11.9 Å². The summed E-state index contributed by atoms with van der Waals surface area (Å²) in [5.41, 5.74) is -0.853. The highest BCUT2D eigenvalue weighted by Crippen LogP contribution is 2.59. The molecule has 3 aliphatic rings. The first-order valence-corrected chi connectivity index (χ1v) is 18.0. The van der Waals surface area contributed by atoms with Gasteiger partial charge < -0.3 is 24.6 Å². The number of ether oxygens (including phenoxy) is 2. The minimum absolute atomic E-state index is 0.0259. The molecule has 292 valence electrons. The molecule has 1 amide bonds. The summed E-state index contributed by atoms with van der Waals surface area (Å²) >= 11 is 0. The van der Waals surface area contributed by atoms with Crippen molar-refractivity contribution in [1.29, 1.82) is 0 Å². The fraction of sp³-hybridized carbons (Fsp3) is 0.463. The molecule has 4 atom stereocenters. The lowest BCUT2D eigenvalue weighted by Crippen LogP contribution is -2.53. The van der Waals surface area contributed by atoms with Crippen LogP contribution in [0.5, 0.6) is 5.75 Å². The van der Waals surface area contributed by atoms with Gasteiger partial charge >= 0.3 is 18.6 Å². The van der Waals surface area contributed by atoms with Gasteiger partial charge in [0.25, 0.3) is 0 Å². The normalized spacial score (nSPS) is 23.6. The molecule has 0 aromatic heterocycles. The predicted octanol–water partition coefficient (Wildman–Crippen LogP) is 9.53. The summed E-state index contributed by atoms with van der Waals surface area (Å²) in [6.45, 7) is 5.18. The fourth-order valence-corrected chi connectivity index (χ4v) is 7.92. The van der Waals surface area contributed by atoms with E-state index >= 15 is 0 Å².